The van der Waals surface area contributed by atoms with Crippen LogP contribution in [0.3, 0.4) is 0 Å². The molecule has 2 unspecified atom stereocenters. The van der Waals surface area contributed by atoms with Crippen LogP contribution in [0, 0.1) is 0 Å². The number of rotatable bonds is 6. The van der Waals surface area contributed by atoms with Gasteiger partial charge >= 0.3 is 0 Å². The third kappa shape index (κ3) is 5.45. The van der Waals surface area contributed by atoms with E-state index in [1.165, 1.54) is 0 Å². The van der Waals surface area contributed by atoms with E-state index in [-0.39, 0.29) is 30.4 Å². The summed E-state index contributed by atoms with van der Waals surface area (Å²) in [5.41, 5.74) is 1.08. The SMILES string of the molecule is CCC(NC(=O)CN1CCNCC1c1nccn1C)c1ccc(Cl)cc1.Cl. The first-order valence-corrected chi connectivity index (χ1v) is 9.43. The first-order valence-electron chi connectivity index (χ1n) is 9.05. The van der Waals surface area contributed by atoms with Crippen molar-refractivity contribution < 1.29 is 4.79 Å². The van der Waals surface area contributed by atoms with Gasteiger partial charge in [0.25, 0.3) is 0 Å². The van der Waals surface area contributed by atoms with Crippen LogP contribution in [0.2, 0.25) is 5.02 Å². The highest BCUT2D eigenvalue weighted by Gasteiger charge is 2.28. The zero-order valence-electron chi connectivity index (χ0n) is 15.7. The van der Waals surface area contributed by atoms with Crippen LogP contribution in [0.4, 0.5) is 0 Å². The number of piperazine rings is 1. The molecule has 0 radical (unpaired) electrons. The number of hydrogen-bond donors (Lipinski definition) is 2. The van der Waals surface area contributed by atoms with Gasteiger partial charge in [-0.15, -0.1) is 12.4 Å². The Hall–Kier alpha value is -1.60. The van der Waals surface area contributed by atoms with Gasteiger partial charge in [0.15, 0.2) is 0 Å². The largest absolute Gasteiger partial charge is 0.348 e. The molecular weight excluding hydrogens is 385 g/mol. The van der Waals surface area contributed by atoms with E-state index in [1.807, 2.05) is 42.1 Å². The maximum Gasteiger partial charge on any atom is 0.234 e. The van der Waals surface area contributed by atoms with Gasteiger partial charge in [-0.2, -0.15) is 0 Å². The molecule has 0 aliphatic carbocycles. The maximum atomic E-state index is 12.7. The van der Waals surface area contributed by atoms with Crippen molar-refractivity contribution in [2.45, 2.75) is 25.4 Å². The Balaban J connectivity index is 0.00000261. The van der Waals surface area contributed by atoms with E-state index in [1.54, 1.807) is 6.20 Å². The molecule has 1 amide bonds. The van der Waals surface area contributed by atoms with Gasteiger partial charge in [0.1, 0.15) is 5.82 Å². The Labute approximate surface area is 171 Å². The number of nitrogens with zero attached hydrogens (tertiary/aromatic N) is 3. The molecule has 2 aromatic rings. The highest BCUT2D eigenvalue weighted by atomic mass is 35.5. The van der Waals surface area contributed by atoms with Gasteiger partial charge < -0.3 is 15.2 Å². The molecule has 2 heterocycles. The molecule has 1 aromatic heterocycles. The second-order valence-electron chi connectivity index (χ2n) is 6.67. The van der Waals surface area contributed by atoms with Crippen LogP contribution in [-0.4, -0.2) is 46.5 Å². The van der Waals surface area contributed by atoms with E-state index >= 15 is 0 Å². The summed E-state index contributed by atoms with van der Waals surface area (Å²) < 4.78 is 2.02. The van der Waals surface area contributed by atoms with Gasteiger partial charge in [-0.1, -0.05) is 30.7 Å². The summed E-state index contributed by atoms with van der Waals surface area (Å²) in [6.45, 7) is 4.93. The fourth-order valence-electron chi connectivity index (χ4n) is 3.43. The summed E-state index contributed by atoms with van der Waals surface area (Å²) in [6.07, 6.45) is 4.57. The predicted octanol–water partition coefficient (Wildman–Crippen LogP) is 2.71. The van der Waals surface area contributed by atoms with E-state index in [9.17, 15) is 4.79 Å². The van der Waals surface area contributed by atoms with Crippen molar-refractivity contribution in [3.8, 4) is 0 Å². The quantitative estimate of drug-likeness (QED) is 0.766. The average molecular weight is 412 g/mol. The summed E-state index contributed by atoms with van der Waals surface area (Å²) in [7, 11) is 1.99. The summed E-state index contributed by atoms with van der Waals surface area (Å²) in [5.74, 6) is 1.02. The smallest absolute Gasteiger partial charge is 0.234 e. The molecule has 1 aromatic carbocycles. The molecule has 1 aliphatic heterocycles. The summed E-state index contributed by atoms with van der Waals surface area (Å²) >= 11 is 5.96. The number of aryl methyl sites for hydroxylation is 1. The van der Waals surface area contributed by atoms with Crippen molar-refractivity contribution in [3.63, 3.8) is 0 Å². The minimum absolute atomic E-state index is 0. The van der Waals surface area contributed by atoms with Crippen LogP contribution >= 0.6 is 24.0 Å². The highest BCUT2D eigenvalue weighted by molar-refractivity contribution is 6.30. The number of benzene rings is 1. The molecule has 8 heteroatoms. The molecule has 6 nitrogen and oxygen atoms in total. The zero-order valence-corrected chi connectivity index (χ0v) is 17.3. The molecule has 1 saturated heterocycles. The van der Waals surface area contributed by atoms with Gasteiger partial charge in [0.2, 0.25) is 5.91 Å². The minimum Gasteiger partial charge on any atom is -0.348 e. The fourth-order valence-corrected chi connectivity index (χ4v) is 3.56. The Morgan fingerprint density at radius 2 is 2.15 bits per heavy atom. The molecule has 2 N–H and O–H groups in total. The third-order valence-corrected chi connectivity index (χ3v) is 5.13. The van der Waals surface area contributed by atoms with E-state index in [2.05, 4.69) is 27.4 Å². The lowest BCUT2D eigenvalue weighted by atomic mass is 10.0. The number of nitrogens with one attached hydrogen (secondary N) is 2. The van der Waals surface area contributed by atoms with E-state index in [0.29, 0.717) is 11.6 Å². The van der Waals surface area contributed by atoms with Gasteiger partial charge in [-0.25, -0.2) is 4.98 Å². The van der Waals surface area contributed by atoms with E-state index < -0.39 is 0 Å². The maximum absolute atomic E-state index is 12.7. The summed E-state index contributed by atoms with van der Waals surface area (Å²) in [4.78, 5) is 19.4. The van der Waals surface area contributed by atoms with E-state index in [0.717, 1.165) is 37.4 Å². The zero-order chi connectivity index (χ0) is 18.5. The second kappa shape index (κ2) is 10.1. The Morgan fingerprint density at radius 3 is 2.78 bits per heavy atom. The van der Waals surface area contributed by atoms with Crippen molar-refractivity contribution >= 4 is 29.9 Å². The molecule has 3 rings (SSSR count). The lowest BCUT2D eigenvalue weighted by Crippen LogP contribution is -2.50. The molecule has 0 saturated carbocycles. The molecule has 2 atom stereocenters. The monoisotopic (exact) mass is 411 g/mol. The Bertz CT molecular complexity index is 734. The minimum atomic E-state index is -0.00528. The third-order valence-electron chi connectivity index (χ3n) is 4.87. The van der Waals surface area contributed by atoms with Gasteiger partial charge in [-0.05, 0) is 24.1 Å². The van der Waals surface area contributed by atoms with Gasteiger partial charge in [-0.3, -0.25) is 9.69 Å². The lowest BCUT2D eigenvalue weighted by molar-refractivity contribution is -0.123. The van der Waals surface area contributed by atoms with Crippen molar-refractivity contribution in [1.29, 1.82) is 0 Å². The number of imidazole rings is 1. The molecule has 0 bridgehead atoms. The molecule has 27 heavy (non-hydrogen) atoms. The predicted molar refractivity (Wildman–Crippen MR) is 110 cm³/mol. The van der Waals surface area contributed by atoms with Crippen molar-refractivity contribution in [1.82, 2.24) is 25.1 Å². The van der Waals surface area contributed by atoms with Crippen LogP contribution < -0.4 is 10.6 Å². The van der Waals surface area contributed by atoms with Crippen LogP contribution in [0.5, 0.6) is 0 Å². The first kappa shape index (κ1) is 21.7. The normalized spacial score (nSPS) is 18.6. The van der Waals surface area contributed by atoms with Crippen LogP contribution in [0.1, 0.15) is 36.8 Å². The summed E-state index contributed by atoms with van der Waals surface area (Å²) in [6, 6.07) is 7.76. The topological polar surface area (TPSA) is 62.2 Å². The first-order chi connectivity index (χ1) is 12.6. The summed E-state index contributed by atoms with van der Waals surface area (Å²) in [5, 5.41) is 7.26. The molecule has 148 valence electrons. The number of carbonyl (C=O) groups excluding carboxylic acids is 1. The highest BCUT2D eigenvalue weighted by Crippen LogP contribution is 2.21. The standard InChI is InChI=1S/C19H26ClN5O.ClH/c1-3-16(14-4-6-15(20)7-5-14)23-18(26)13-25-11-8-21-12-17(25)19-22-9-10-24(19)2;/h4-7,9-10,16-17,21H,3,8,11-13H2,1-2H3,(H,23,26);1H. The average Bonchev–Trinajstić information content (AvgIpc) is 3.07. The Morgan fingerprint density at radius 1 is 1.41 bits per heavy atom. The van der Waals surface area contributed by atoms with Gasteiger partial charge in [0, 0.05) is 44.1 Å². The second-order valence-corrected chi connectivity index (χ2v) is 7.10. The number of carbonyl (C=O) groups is 1. The van der Waals surface area contributed by atoms with Crippen LogP contribution in [-0.2, 0) is 11.8 Å². The van der Waals surface area contributed by atoms with E-state index in [4.69, 9.17) is 11.6 Å². The van der Waals surface area contributed by atoms with Crippen LogP contribution in [0.15, 0.2) is 36.7 Å². The lowest BCUT2D eigenvalue weighted by Gasteiger charge is -2.35. The molecule has 0 spiro atoms. The molecule has 1 aliphatic rings. The van der Waals surface area contributed by atoms with Crippen molar-refractivity contribution in [3.05, 3.63) is 53.1 Å². The van der Waals surface area contributed by atoms with Crippen molar-refractivity contribution in [2.24, 2.45) is 7.05 Å². The Kier molecular flexibility index (Phi) is 8.10. The number of halogens is 2. The molecular formula is C19H27Cl2N5O. The molecule has 1 fully saturated rings. The number of hydrogen-bond acceptors (Lipinski definition) is 4. The van der Waals surface area contributed by atoms with Crippen molar-refractivity contribution in [2.75, 3.05) is 26.2 Å². The van der Waals surface area contributed by atoms with Crippen LogP contribution in [0.25, 0.3) is 0 Å². The number of amides is 1. The van der Waals surface area contributed by atoms with Gasteiger partial charge in [0.05, 0.1) is 18.6 Å². The number of aromatic nitrogens is 2. The fraction of sp³-hybridized carbons (Fsp3) is 0.474.